The van der Waals surface area contributed by atoms with Gasteiger partial charge in [-0.25, -0.2) is 4.98 Å². The van der Waals surface area contributed by atoms with Crippen LogP contribution >= 0.6 is 0 Å². The van der Waals surface area contributed by atoms with Crippen LogP contribution in [0.25, 0.3) is 5.65 Å². The molecule has 3 aliphatic rings. The summed E-state index contributed by atoms with van der Waals surface area (Å²) in [4.78, 5) is 19.8. The fraction of sp³-hybridized carbons (Fsp3) is 0.579. The van der Waals surface area contributed by atoms with Crippen LogP contribution in [0.4, 0.5) is 0 Å². The third-order valence-corrected chi connectivity index (χ3v) is 5.91. The Bertz CT molecular complexity index is 813. The van der Waals surface area contributed by atoms with E-state index in [9.17, 15) is 4.79 Å². The lowest BCUT2D eigenvalue weighted by atomic mass is 10.1. The molecular formula is C19H24N4O2. The molecule has 1 aliphatic carbocycles. The molecule has 2 aromatic rings. The molecule has 5 rings (SSSR count). The number of aromatic nitrogens is 2. The van der Waals surface area contributed by atoms with E-state index in [0.29, 0.717) is 17.8 Å². The van der Waals surface area contributed by atoms with Crippen LogP contribution in [0.15, 0.2) is 24.4 Å². The van der Waals surface area contributed by atoms with Crippen molar-refractivity contribution in [3.05, 3.63) is 35.8 Å². The highest BCUT2D eigenvalue weighted by Gasteiger charge is 2.42. The van der Waals surface area contributed by atoms with Crippen LogP contribution < -0.4 is 5.32 Å². The van der Waals surface area contributed by atoms with E-state index in [0.717, 1.165) is 43.4 Å². The van der Waals surface area contributed by atoms with E-state index >= 15 is 0 Å². The highest BCUT2D eigenvalue weighted by Crippen LogP contribution is 2.37. The van der Waals surface area contributed by atoms with Crippen LogP contribution in [0.3, 0.4) is 0 Å². The number of pyridine rings is 1. The van der Waals surface area contributed by atoms with Crippen molar-refractivity contribution in [3.63, 3.8) is 0 Å². The number of hydrogen-bond donors (Lipinski definition) is 1. The van der Waals surface area contributed by atoms with Crippen LogP contribution in [0.1, 0.15) is 35.4 Å². The Morgan fingerprint density at radius 3 is 3.00 bits per heavy atom. The van der Waals surface area contributed by atoms with E-state index in [4.69, 9.17) is 4.74 Å². The maximum absolute atomic E-state index is 12.7. The average Bonchev–Trinajstić information content (AvgIpc) is 3.31. The van der Waals surface area contributed by atoms with Gasteiger partial charge < -0.3 is 14.5 Å². The lowest BCUT2D eigenvalue weighted by Crippen LogP contribution is -2.47. The van der Waals surface area contributed by atoms with Gasteiger partial charge in [0.2, 0.25) is 0 Å². The largest absolute Gasteiger partial charge is 0.375 e. The first-order valence-corrected chi connectivity index (χ1v) is 9.29. The Labute approximate surface area is 147 Å². The van der Waals surface area contributed by atoms with E-state index in [1.165, 1.54) is 12.8 Å². The lowest BCUT2D eigenvalue weighted by Gasteiger charge is -2.35. The second-order valence-electron chi connectivity index (χ2n) is 7.70. The van der Waals surface area contributed by atoms with Crippen molar-refractivity contribution < 1.29 is 9.53 Å². The maximum atomic E-state index is 12.7. The smallest absolute Gasteiger partial charge is 0.272 e. The second kappa shape index (κ2) is 5.81. The molecule has 1 saturated carbocycles. The fourth-order valence-corrected chi connectivity index (χ4v) is 4.34. The Morgan fingerprint density at radius 2 is 2.20 bits per heavy atom. The van der Waals surface area contributed by atoms with Crippen molar-refractivity contribution >= 4 is 11.6 Å². The van der Waals surface area contributed by atoms with Gasteiger partial charge in [-0.1, -0.05) is 6.07 Å². The number of nitrogens with zero attached hydrogens (tertiary/aromatic N) is 3. The summed E-state index contributed by atoms with van der Waals surface area (Å²) in [6.07, 6.45) is 5.95. The number of nitrogens with one attached hydrogen (secondary N) is 1. The van der Waals surface area contributed by atoms with Gasteiger partial charge in [-0.05, 0) is 44.2 Å². The van der Waals surface area contributed by atoms with Gasteiger partial charge in [0.05, 0.1) is 18.4 Å². The molecule has 6 nitrogen and oxygen atoms in total. The molecule has 0 aromatic carbocycles. The average molecular weight is 340 g/mol. The zero-order valence-corrected chi connectivity index (χ0v) is 14.5. The normalized spacial score (nSPS) is 29.7. The summed E-state index contributed by atoms with van der Waals surface area (Å²) in [5, 5.41) is 3.20. The van der Waals surface area contributed by atoms with Gasteiger partial charge in [-0.3, -0.25) is 9.69 Å². The van der Waals surface area contributed by atoms with E-state index in [1.807, 2.05) is 35.7 Å². The molecular weight excluding hydrogens is 316 g/mol. The molecule has 0 bridgehead atoms. The molecule has 1 N–H and O–H groups in total. The Hall–Kier alpha value is -1.92. The Kier molecular flexibility index (Phi) is 3.57. The highest BCUT2D eigenvalue weighted by molar-refractivity contribution is 5.94. The van der Waals surface area contributed by atoms with E-state index < -0.39 is 0 Å². The third-order valence-electron chi connectivity index (χ3n) is 5.91. The summed E-state index contributed by atoms with van der Waals surface area (Å²) in [5.41, 5.74) is 2.23. The van der Waals surface area contributed by atoms with Gasteiger partial charge >= 0.3 is 0 Å². The number of hydrogen-bond acceptors (Lipinski definition) is 4. The molecule has 2 saturated heterocycles. The summed E-state index contributed by atoms with van der Waals surface area (Å²) >= 11 is 0. The summed E-state index contributed by atoms with van der Waals surface area (Å²) in [5.74, 6) is 0.709. The number of aryl methyl sites for hydroxylation is 1. The van der Waals surface area contributed by atoms with Crippen LogP contribution in [-0.2, 0) is 4.74 Å². The van der Waals surface area contributed by atoms with Gasteiger partial charge in [-0.15, -0.1) is 0 Å². The highest BCUT2D eigenvalue weighted by atomic mass is 16.5. The molecule has 0 spiro atoms. The number of morpholine rings is 1. The van der Waals surface area contributed by atoms with Crippen molar-refractivity contribution in [2.75, 3.05) is 19.7 Å². The molecule has 1 amide bonds. The molecule has 2 aliphatic heterocycles. The minimum absolute atomic E-state index is 0.0642. The molecule has 4 heterocycles. The Balaban J connectivity index is 1.27. The molecule has 3 atom stereocenters. The van der Waals surface area contributed by atoms with Crippen molar-refractivity contribution in [2.45, 2.75) is 44.4 Å². The minimum Gasteiger partial charge on any atom is -0.375 e. The first-order chi connectivity index (χ1) is 12.2. The third kappa shape index (κ3) is 2.73. The quantitative estimate of drug-likeness (QED) is 0.923. The van der Waals surface area contributed by atoms with Gasteiger partial charge in [0, 0.05) is 31.4 Å². The molecule has 2 aromatic heterocycles. The summed E-state index contributed by atoms with van der Waals surface area (Å²) in [6, 6.07) is 6.45. The summed E-state index contributed by atoms with van der Waals surface area (Å²) in [6.45, 7) is 4.70. The van der Waals surface area contributed by atoms with Gasteiger partial charge in [-0.2, -0.15) is 0 Å². The second-order valence-corrected chi connectivity index (χ2v) is 7.70. The first kappa shape index (κ1) is 15.3. The van der Waals surface area contributed by atoms with Crippen LogP contribution in [0, 0.1) is 12.8 Å². The van der Waals surface area contributed by atoms with Crippen LogP contribution in [0.2, 0.25) is 0 Å². The van der Waals surface area contributed by atoms with E-state index in [-0.39, 0.29) is 11.9 Å². The van der Waals surface area contributed by atoms with Crippen molar-refractivity contribution in [1.82, 2.24) is 19.6 Å². The topological polar surface area (TPSA) is 58.9 Å². The predicted octanol–water partition coefficient (Wildman–Crippen LogP) is 1.62. The molecule has 25 heavy (non-hydrogen) atoms. The SMILES string of the molecule is Cc1c(C(=O)N[C@H]2C[C@H]3CO[C@H](C4CC4)CN3C2)nc2ccccn12. The number of carbonyl (C=O) groups is 1. The van der Waals surface area contributed by atoms with E-state index in [1.54, 1.807) is 0 Å². The number of carbonyl (C=O) groups excluding carboxylic acids is 1. The predicted molar refractivity (Wildman–Crippen MR) is 93.6 cm³/mol. The summed E-state index contributed by atoms with van der Waals surface area (Å²) in [7, 11) is 0. The van der Waals surface area contributed by atoms with E-state index in [2.05, 4.69) is 15.2 Å². The molecule has 3 fully saturated rings. The number of imidazole rings is 1. The molecule has 0 unspecified atom stereocenters. The maximum Gasteiger partial charge on any atom is 0.272 e. The molecule has 0 radical (unpaired) electrons. The van der Waals surface area contributed by atoms with Crippen LogP contribution in [0.5, 0.6) is 0 Å². The molecule has 132 valence electrons. The van der Waals surface area contributed by atoms with Gasteiger partial charge in [0.15, 0.2) is 0 Å². The monoisotopic (exact) mass is 340 g/mol. The first-order valence-electron chi connectivity index (χ1n) is 9.29. The van der Waals surface area contributed by atoms with Gasteiger partial charge in [0.1, 0.15) is 11.3 Å². The van der Waals surface area contributed by atoms with Crippen molar-refractivity contribution in [2.24, 2.45) is 5.92 Å². The van der Waals surface area contributed by atoms with Crippen molar-refractivity contribution in [3.8, 4) is 0 Å². The zero-order valence-electron chi connectivity index (χ0n) is 14.5. The number of ether oxygens (including phenoxy) is 1. The lowest BCUT2D eigenvalue weighted by molar-refractivity contribution is -0.0581. The minimum atomic E-state index is -0.0642. The number of fused-ring (bicyclic) bond motifs is 2. The standard InChI is InChI=1S/C19H24N4O2/c1-12-18(21-17-4-2-3-7-23(12)17)19(24)20-14-8-15-11-25-16(13-5-6-13)10-22(15)9-14/h2-4,7,13-16H,5-6,8-11H2,1H3,(H,20,24)/t14-,15-,16-/m0/s1. The van der Waals surface area contributed by atoms with Crippen LogP contribution in [-0.4, -0.2) is 58.1 Å². The van der Waals surface area contributed by atoms with Crippen molar-refractivity contribution in [1.29, 1.82) is 0 Å². The fourth-order valence-electron chi connectivity index (χ4n) is 4.34. The van der Waals surface area contributed by atoms with Gasteiger partial charge in [0.25, 0.3) is 5.91 Å². The number of amides is 1. The number of rotatable bonds is 3. The summed E-state index contributed by atoms with van der Waals surface area (Å²) < 4.78 is 8.00. The Morgan fingerprint density at radius 1 is 1.32 bits per heavy atom. The zero-order chi connectivity index (χ0) is 17.0. The molecule has 6 heteroatoms.